The van der Waals surface area contributed by atoms with Crippen LogP contribution in [0.5, 0.6) is 11.5 Å². The first-order chi connectivity index (χ1) is 19.7. The maximum Gasteiger partial charge on any atom is 0.471 e. The quantitative estimate of drug-likeness (QED) is 0.225. The minimum atomic E-state index is -5.16. The van der Waals surface area contributed by atoms with Gasteiger partial charge in [-0.3, -0.25) is 4.79 Å². The zero-order valence-electron chi connectivity index (χ0n) is 22.5. The maximum absolute atomic E-state index is 13.3. The van der Waals surface area contributed by atoms with Crippen LogP contribution >= 0.6 is 0 Å². The van der Waals surface area contributed by atoms with E-state index in [2.05, 4.69) is 0 Å². The number of amides is 1. The monoisotopic (exact) mass is 565 g/mol. The summed E-state index contributed by atoms with van der Waals surface area (Å²) in [5, 5.41) is 13.1. The molecular formula is C32H30F3NO5. The molecule has 6 nitrogen and oxygen atoms in total. The van der Waals surface area contributed by atoms with Gasteiger partial charge in [0.1, 0.15) is 23.2 Å². The van der Waals surface area contributed by atoms with Crippen molar-refractivity contribution in [3.8, 4) is 11.5 Å². The van der Waals surface area contributed by atoms with Crippen molar-refractivity contribution in [3.63, 3.8) is 0 Å². The van der Waals surface area contributed by atoms with Gasteiger partial charge in [-0.1, -0.05) is 84.9 Å². The van der Waals surface area contributed by atoms with E-state index < -0.39 is 36.4 Å². The molecule has 2 N–H and O–H groups in total. The highest BCUT2D eigenvalue weighted by molar-refractivity contribution is 5.82. The number of hydrogen-bond donors (Lipinski definition) is 2. The SMILES string of the molecule is COc1ccc(C(OCC(NC(=O)C(F)(F)F)C(O)c2ccccc2)(c2ccccc2)c2ccc(OC)cc2)cc1. The number of ether oxygens (including phenoxy) is 3. The summed E-state index contributed by atoms with van der Waals surface area (Å²) in [4.78, 5) is 12.1. The Morgan fingerprint density at radius 1 is 0.732 bits per heavy atom. The summed E-state index contributed by atoms with van der Waals surface area (Å²) in [5.41, 5.74) is 0.917. The lowest BCUT2D eigenvalue weighted by molar-refractivity contribution is -0.176. The second kappa shape index (κ2) is 12.9. The average molecular weight is 566 g/mol. The van der Waals surface area contributed by atoms with E-state index in [0.29, 0.717) is 33.8 Å². The van der Waals surface area contributed by atoms with Crippen LogP contribution in [0.3, 0.4) is 0 Å². The van der Waals surface area contributed by atoms with Gasteiger partial charge in [-0.25, -0.2) is 0 Å². The second-order valence-electron chi connectivity index (χ2n) is 9.25. The number of carbonyl (C=O) groups excluding carboxylic acids is 1. The number of benzene rings is 4. The van der Waals surface area contributed by atoms with Gasteiger partial charge < -0.3 is 24.6 Å². The molecule has 0 aliphatic rings. The van der Waals surface area contributed by atoms with Crippen molar-refractivity contribution in [1.82, 2.24) is 5.32 Å². The molecular weight excluding hydrogens is 535 g/mol. The Balaban J connectivity index is 1.85. The highest BCUT2D eigenvalue weighted by atomic mass is 19.4. The molecule has 0 aliphatic carbocycles. The molecule has 4 aromatic rings. The first kappa shape index (κ1) is 29.6. The van der Waals surface area contributed by atoms with E-state index >= 15 is 0 Å². The predicted octanol–water partition coefficient (Wildman–Crippen LogP) is 5.79. The van der Waals surface area contributed by atoms with Gasteiger partial charge in [-0.05, 0) is 46.5 Å². The summed E-state index contributed by atoms with van der Waals surface area (Å²) < 4.78 is 57.3. The molecule has 0 bridgehead atoms. The van der Waals surface area contributed by atoms with Gasteiger partial charge in [-0.2, -0.15) is 13.2 Å². The van der Waals surface area contributed by atoms with Crippen LogP contribution in [0.1, 0.15) is 28.4 Å². The van der Waals surface area contributed by atoms with Crippen LogP contribution in [0, 0.1) is 0 Å². The van der Waals surface area contributed by atoms with Crippen LogP contribution in [0.25, 0.3) is 0 Å². The molecule has 0 radical (unpaired) electrons. The lowest BCUT2D eigenvalue weighted by Crippen LogP contribution is -2.49. The molecule has 2 atom stereocenters. The molecule has 214 valence electrons. The number of nitrogens with one attached hydrogen (secondary N) is 1. The normalized spacial score (nSPS) is 13.2. The molecule has 9 heteroatoms. The van der Waals surface area contributed by atoms with Crippen LogP contribution in [0.15, 0.2) is 109 Å². The first-order valence-corrected chi connectivity index (χ1v) is 12.8. The van der Waals surface area contributed by atoms with E-state index in [0.717, 1.165) is 0 Å². The molecule has 0 aliphatic heterocycles. The summed E-state index contributed by atoms with van der Waals surface area (Å²) in [7, 11) is 3.08. The Labute approximate surface area is 236 Å². The molecule has 0 saturated heterocycles. The number of carbonyl (C=O) groups is 1. The number of hydrogen-bond acceptors (Lipinski definition) is 5. The number of halogens is 3. The smallest absolute Gasteiger partial charge is 0.471 e. The summed E-state index contributed by atoms with van der Waals surface area (Å²) in [5.74, 6) is -0.985. The van der Waals surface area contributed by atoms with Crippen molar-refractivity contribution in [2.45, 2.75) is 23.9 Å². The summed E-state index contributed by atoms with van der Waals surface area (Å²) in [6.07, 6.45) is -6.65. The van der Waals surface area contributed by atoms with Crippen LogP contribution in [-0.4, -0.2) is 44.1 Å². The topological polar surface area (TPSA) is 77.0 Å². The van der Waals surface area contributed by atoms with Crippen molar-refractivity contribution in [2.24, 2.45) is 0 Å². The van der Waals surface area contributed by atoms with Gasteiger partial charge >= 0.3 is 12.1 Å². The number of methoxy groups -OCH3 is 2. The molecule has 0 spiro atoms. The molecule has 1 amide bonds. The van der Waals surface area contributed by atoms with Crippen LogP contribution in [0.4, 0.5) is 13.2 Å². The number of aliphatic hydroxyl groups excluding tert-OH is 1. The summed E-state index contributed by atoms with van der Waals surface area (Å²) in [6, 6.07) is 30.0. The minimum absolute atomic E-state index is 0.322. The molecule has 0 fully saturated rings. The average Bonchev–Trinajstić information content (AvgIpc) is 3.01. The Hall–Kier alpha value is -4.34. The lowest BCUT2D eigenvalue weighted by atomic mass is 9.80. The fourth-order valence-corrected chi connectivity index (χ4v) is 4.63. The van der Waals surface area contributed by atoms with Crippen molar-refractivity contribution < 1.29 is 37.3 Å². The highest BCUT2D eigenvalue weighted by Gasteiger charge is 2.43. The van der Waals surface area contributed by atoms with Crippen molar-refractivity contribution in [3.05, 3.63) is 131 Å². The summed E-state index contributed by atoms with van der Waals surface area (Å²) >= 11 is 0. The van der Waals surface area contributed by atoms with Gasteiger partial charge in [-0.15, -0.1) is 0 Å². The van der Waals surface area contributed by atoms with Crippen LogP contribution in [0.2, 0.25) is 0 Å². The van der Waals surface area contributed by atoms with E-state index in [4.69, 9.17) is 14.2 Å². The van der Waals surface area contributed by atoms with Crippen LogP contribution in [-0.2, 0) is 15.1 Å². The van der Waals surface area contributed by atoms with Crippen molar-refractivity contribution >= 4 is 5.91 Å². The second-order valence-corrected chi connectivity index (χ2v) is 9.25. The van der Waals surface area contributed by atoms with E-state index in [1.165, 1.54) is 0 Å². The van der Waals surface area contributed by atoms with Crippen molar-refractivity contribution in [2.75, 3.05) is 20.8 Å². The predicted molar refractivity (Wildman–Crippen MR) is 148 cm³/mol. The first-order valence-electron chi connectivity index (χ1n) is 12.8. The largest absolute Gasteiger partial charge is 0.497 e. The van der Waals surface area contributed by atoms with Gasteiger partial charge in [0.25, 0.3) is 0 Å². The van der Waals surface area contributed by atoms with Crippen molar-refractivity contribution in [1.29, 1.82) is 0 Å². The molecule has 0 heterocycles. The maximum atomic E-state index is 13.3. The fourth-order valence-electron chi connectivity index (χ4n) is 4.63. The van der Waals surface area contributed by atoms with Gasteiger partial charge in [0.15, 0.2) is 0 Å². The fraction of sp³-hybridized carbons (Fsp3) is 0.219. The van der Waals surface area contributed by atoms with Gasteiger partial charge in [0, 0.05) is 0 Å². The van der Waals surface area contributed by atoms with E-state index in [1.807, 2.05) is 35.6 Å². The molecule has 0 aromatic heterocycles. The Morgan fingerprint density at radius 2 is 1.17 bits per heavy atom. The third-order valence-corrected chi connectivity index (χ3v) is 6.75. The zero-order valence-corrected chi connectivity index (χ0v) is 22.5. The summed E-state index contributed by atoms with van der Waals surface area (Å²) in [6.45, 7) is -0.481. The van der Waals surface area contributed by atoms with Crippen LogP contribution < -0.4 is 14.8 Å². The standard InChI is InChI=1S/C32H30F3NO5/c1-39-26-17-13-24(14-18-26)31(23-11-7-4-8-12-23,25-15-19-27(40-2)20-16-25)41-21-28(36-30(38)32(33,34)35)29(37)22-9-5-3-6-10-22/h3-20,28-29,37H,21H2,1-2H3,(H,36,38). The van der Waals surface area contributed by atoms with Gasteiger partial charge in [0.05, 0.1) is 26.9 Å². The minimum Gasteiger partial charge on any atom is -0.497 e. The Kier molecular flexibility index (Phi) is 9.31. The molecule has 4 rings (SSSR count). The Bertz CT molecular complexity index is 1350. The third-order valence-electron chi connectivity index (χ3n) is 6.75. The third kappa shape index (κ3) is 6.70. The van der Waals surface area contributed by atoms with Gasteiger partial charge in [0.2, 0.25) is 0 Å². The molecule has 2 unspecified atom stereocenters. The number of alkyl halides is 3. The zero-order chi connectivity index (χ0) is 29.5. The molecule has 4 aromatic carbocycles. The van der Waals surface area contributed by atoms with E-state index in [9.17, 15) is 23.1 Å². The lowest BCUT2D eigenvalue weighted by Gasteiger charge is -2.38. The molecule has 41 heavy (non-hydrogen) atoms. The highest BCUT2D eigenvalue weighted by Crippen LogP contribution is 2.42. The number of rotatable bonds is 11. The van der Waals surface area contributed by atoms with E-state index in [-0.39, 0.29) is 0 Å². The molecule has 0 saturated carbocycles. The number of aliphatic hydroxyl groups is 1. The van der Waals surface area contributed by atoms with E-state index in [1.54, 1.807) is 93.1 Å². The Morgan fingerprint density at radius 3 is 1.61 bits per heavy atom.